The third-order valence-corrected chi connectivity index (χ3v) is 6.32. The van der Waals surface area contributed by atoms with Crippen molar-refractivity contribution < 1.29 is 9.53 Å². The summed E-state index contributed by atoms with van der Waals surface area (Å²) in [7, 11) is 1.58. The Morgan fingerprint density at radius 3 is 2.77 bits per heavy atom. The van der Waals surface area contributed by atoms with Crippen molar-refractivity contribution in [2.75, 3.05) is 19.1 Å². The third-order valence-electron chi connectivity index (χ3n) is 4.81. The fourth-order valence-corrected chi connectivity index (χ4v) is 4.67. The summed E-state index contributed by atoms with van der Waals surface area (Å²) in [5.41, 5.74) is 5.26. The summed E-state index contributed by atoms with van der Waals surface area (Å²) in [5.74, 6) is 1.22. The maximum absolute atomic E-state index is 12.9. The van der Waals surface area contributed by atoms with Crippen LogP contribution in [-0.2, 0) is 4.79 Å². The topological polar surface area (TPSA) is 81.1 Å². The van der Waals surface area contributed by atoms with Crippen molar-refractivity contribution in [3.63, 3.8) is 0 Å². The van der Waals surface area contributed by atoms with E-state index < -0.39 is 5.25 Å². The summed E-state index contributed by atoms with van der Waals surface area (Å²) < 4.78 is 7.11. The summed E-state index contributed by atoms with van der Waals surface area (Å²) >= 11 is 7.76. The third kappa shape index (κ3) is 3.97. The van der Waals surface area contributed by atoms with Gasteiger partial charge in [-0.3, -0.25) is 4.79 Å². The summed E-state index contributed by atoms with van der Waals surface area (Å²) in [6, 6.07) is 15.0. The monoisotopic (exact) mass is 443 g/mol. The standard InChI is InChI=1S/C21H22ClN5O2S/c1-3-11-23-20(28)18-17(14-9-10-16(29-2)15(22)12-14)26-27-19(24-25-21(27)30-18)13-7-5-4-6-8-13/h4-10,12,17-18,26H,3,11H2,1-2H3,(H,23,28)/t17-,18+/m1/s1. The van der Waals surface area contributed by atoms with E-state index in [9.17, 15) is 4.79 Å². The molecule has 2 N–H and O–H groups in total. The number of hydrogen-bond donors (Lipinski definition) is 2. The molecule has 0 fully saturated rings. The molecule has 2 aromatic carbocycles. The first kappa shape index (κ1) is 20.6. The van der Waals surface area contributed by atoms with Crippen molar-refractivity contribution in [1.82, 2.24) is 20.2 Å². The molecule has 0 aliphatic carbocycles. The molecule has 30 heavy (non-hydrogen) atoms. The molecule has 0 unspecified atom stereocenters. The van der Waals surface area contributed by atoms with E-state index in [-0.39, 0.29) is 11.9 Å². The van der Waals surface area contributed by atoms with Crippen LogP contribution in [0, 0.1) is 0 Å². The summed E-state index contributed by atoms with van der Waals surface area (Å²) in [6.07, 6.45) is 0.865. The lowest BCUT2D eigenvalue weighted by atomic mass is 10.0. The number of rotatable bonds is 6. The minimum Gasteiger partial charge on any atom is -0.495 e. The largest absolute Gasteiger partial charge is 0.495 e. The molecule has 0 spiro atoms. The number of nitrogens with one attached hydrogen (secondary N) is 2. The van der Waals surface area contributed by atoms with E-state index in [4.69, 9.17) is 16.3 Å². The molecule has 1 aromatic heterocycles. The molecule has 2 atom stereocenters. The Kier molecular flexibility index (Phi) is 6.15. The number of benzene rings is 2. The van der Waals surface area contributed by atoms with Gasteiger partial charge in [0.05, 0.1) is 18.2 Å². The highest BCUT2D eigenvalue weighted by Gasteiger charge is 2.38. The fraction of sp³-hybridized carbons (Fsp3) is 0.286. The van der Waals surface area contributed by atoms with E-state index in [2.05, 4.69) is 20.9 Å². The van der Waals surface area contributed by atoms with Crippen LogP contribution < -0.4 is 15.5 Å². The Morgan fingerprint density at radius 2 is 2.07 bits per heavy atom. The number of methoxy groups -OCH3 is 1. The van der Waals surface area contributed by atoms with E-state index in [1.165, 1.54) is 11.8 Å². The predicted molar refractivity (Wildman–Crippen MR) is 119 cm³/mol. The number of amides is 1. The van der Waals surface area contributed by atoms with Gasteiger partial charge in [-0.1, -0.05) is 66.7 Å². The van der Waals surface area contributed by atoms with Gasteiger partial charge in [-0.15, -0.1) is 10.2 Å². The number of hydrogen-bond acceptors (Lipinski definition) is 6. The zero-order valence-electron chi connectivity index (χ0n) is 16.6. The van der Waals surface area contributed by atoms with E-state index in [0.717, 1.165) is 17.5 Å². The van der Waals surface area contributed by atoms with Crippen molar-refractivity contribution in [2.24, 2.45) is 0 Å². The first-order valence-corrected chi connectivity index (χ1v) is 10.9. The summed E-state index contributed by atoms with van der Waals surface area (Å²) in [6.45, 7) is 2.64. The van der Waals surface area contributed by atoms with Crippen LogP contribution >= 0.6 is 23.4 Å². The van der Waals surface area contributed by atoms with Gasteiger partial charge in [0, 0.05) is 12.1 Å². The van der Waals surface area contributed by atoms with Gasteiger partial charge < -0.3 is 15.5 Å². The first-order valence-electron chi connectivity index (χ1n) is 9.67. The summed E-state index contributed by atoms with van der Waals surface area (Å²) in [5, 5.41) is 12.4. The highest BCUT2D eigenvalue weighted by atomic mass is 35.5. The fourth-order valence-electron chi connectivity index (χ4n) is 3.30. The normalized spacial score (nSPS) is 17.7. The number of thioether (sulfide) groups is 1. The van der Waals surface area contributed by atoms with Crippen LogP contribution in [0.3, 0.4) is 0 Å². The molecule has 9 heteroatoms. The van der Waals surface area contributed by atoms with Crippen LogP contribution in [0.15, 0.2) is 53.7 Å². The second-order valence-corrected chi connectivity index (χ2v) is 8.35. The lowest BCUT2D eigenvalue weighted by Crippen LogP contribution is -2.44. The first-order chi connectivity index (χ1) is 14.6. The molecule has 0 saturated carbocycles. The van der Waals surface area contributed by atoms with Crippen LogP contribution in [0.1, 0.15) is 24.9 Å². The zero-order valence-corrected chi connectivity index (χ0v) is 18.2. The number of fused-ring (bicyclic) bond motifs is 1. The predicted octanol–water partition coefficient (Wildman–Crippen LogP) is 3.89. The molecular weight excluding hydrogens is 422 g/mol. The SMILES string of the molecule is CCCNC(=O)[C@H]1Sc2nnc(-c3ccccc3)n2N[C@@H]1c1ccc(OC)c(Cl)c1. The Morgan fingerprint density at radius 1 is 1.27 bits per heavy atom. The van der Waals surface area contributed by atoms with Crippen molar-refractivity contribution in [3.8, 4) is 17.1 Å². The molecule has 1 amide bonds. The van der Waals surface area contributed by atoms with Gasteiger partial charge in [-0.25, -0.2) is 4.68 Å². The number of carbonyl (C=O) groups is 1. The Labute approximate surface area is 184 Å². The average Bonchev–Trinajstić information content (AvgIpc) is 3.20. The summed E-state index contributed by atoms with van der Waals surface area (Å²) in [4.78, 5) is 12.9. The molecule has 1 aliphatic rings. The number of aromatic nitrogens is 3. The minimum atomic E-state index is -0.429. The van der Waals surface area contributed by atoms with Crippen LogP contribution in [0.4, 0.5) is 0 Å². The highest BCUT2D eigenvalue weighted by Crippen LogP contribution is 2.40. The molecule has 4 rings (SSSR count). The Balaban J connectivity index is 1.73. The van der Waals surface area contributed by atoms with Gasteiger partial charge in [-0.2, -0.15) is 0 Å². The Hall–Kier alpha value is -2.71. The molecule has 0 saturated heterocycles. The molecule has 3 aromatic rings. The van der Waals surface area contributed by atoms with E-state index in [1.807, 2.05) is 60.1 Å². The van der Waals surface area contributed by atoms with Crippen LogP contribution in [-0.4, -0.2) is 39.7 Å². The average molecular weight is 444 g/mol. The van der Waals surface area contributed by atoms with Crippen LogP contribution in [0.25, 0.3) is 11.4 Å². The van der Waals surface area contributed by atoms with Crippen LogP contribution in [0.2, 0.25) is 5.02 Å². The van der Waals surface area contributed by atoms with Gasteiger partial charge >= 0.3 is 0 Å². The number of carbonyl (C=O) groups excluding carboxylic acids is 1. The molecule has 156 valence electrons. The quantitative estimate of drug-likeness (QED) is 0.601. The minimum absolute atomic E-state index is 0.0539. The maximum atomic E-state index is 12.9. The van der Waals surface area contributed by atoms with Gasteiger partial charge in [0.2, 0.25) is 11.1 Å². The number of nitrogens with zero attached hydrogens (tertiary/aromatic N) is 3. The smallest absolute Gasteiger partial charge is 0.236 e. The lowest BCUT2D eigenvalue weighted by molar-refractivity contribution is -0.120. The van der Waals surface area contributed by atoms with E-state index >= 15 is 0 Å². The van der Waals surface area contributed by atoms with Crippen molar-refractivity contribution in [3.05, 3.63) is 59.1 Å². The van der Waals surface area contributed by atoms with Crippen molar-refractivity contribution >= 4 is 29.3 Å². The molecule has 0 bridgehead atoms. The number of ether oxygens (including phenoxy) is 1. The molecule has 1 aliphatic heterocycles. The second kappa shape index (κ2) is 8.97. The van der Waals surface area contributed by atoms with Gasteiger partial charge in [-0.05, 0) is 24.1 Å². The molecular formula is C21H22ClN5O2S. The van der Waals surface area contributed by atoms with Crippen molar-refractivity contribution in [2.45, 2.75) is 29.8 Å². The van der Waals surface area contributed by atoms with Gasteiger partial charge in [0.1, 0.15) is 11.0 Å². The maximum Gasteiger partial charge on any atom is 0.236 e. The van der Waals surface area contributed by atoms with Crippen molar-refractivity contribution in [1.29, 1.82) is 0 Å². The zero-order chi connectivity index (χ0) is 21.1. The van der Waals surface area contributed by atoms with Gasteiger partial charge in [0.15, 0.2) is 5.82 Å². The second-order valence-electron chi connectivity index (χ2n) is 6.84. The van der Waals surface area contributed by atoms with Crippen LogP contribution in [0.5, 0.6) is 5.75 Å². The number of halogens is 1. The van der Waals surface area contributed by atoms with E-state index in [0.29, 0.717) is 28.3 Å². The molecule has 0 radical (unpaired) electrons. The molecule has 2 heterocycles. The highest BCUT2D eigenvalue weighted by molar-refractivity contribution is 8.00. The van der Waals surface area contributed by atoms with E-state index in [1.54, 1.807) is 7.11 Å². The Bertz CT molecular complexity index is 1040. The van der Waals surface area contributed by atoms with Gasteiger partial charge in [0.25, 0.3) is 0 Å². The molecule has 7 nitrogen and oxygen atoms in total. The lowest BCUT2D eigenvalue weighted by Gasteiger charge is -2.33.